The monoisotopic (exact) mass is 325 g/mol. The highest BCUT2D eigenvalue weighted by atomic mass is 32.2. The van der Waals surface area contributed by atoms with Crippen LogP contribution in [0.15, 0.2) is 36.4 Å². The second-order valence-corrected chi connectivity index (χ2v) is 7.36. The van der Waals surface area contributed by atoms with Gasteiger partial charge in [-0.05, 0) is 36.1 Å². The van der Waals surface area contributed by atoms with Crippen LogP contribution >= 0.6 is 0 Å². The zero-order valence-electron chi connectivity index (χ0n) is 13.8. The third-order valence-electron chi connectivity index (χ3n) is 3.12. The van der Waals surface area contributed by atoms with Crippen molar-refractivity contribution in [2.45, 2.75) is 33.2 Å². The largest absolute Gasteiger partial charge is 0.497 e. The quantitative estimate of drug-likeness (QED) is 0.436. The van der Waals surface area contributed by atoms with Crippen molar-refractivity contribution in [2.24, 2.45) is 5.41 Å². The number of allylic oxidation sites excluding steroid dienone is 1. The van der Waals surface area contributed by atoms with E-state index in [1.807, 2.05) is 24.3 Å². The van der Waals surface area contributed by atoms with Crippen LogP contribution in [0.1, 0.15) is 38.8 Å². The number of hydrogen-bond donors (Lipinski definition) is 2. The van der Waals surface area contributed by atoms with Gasteiger partial charge in [-0.25, -0.2) is 4.21 Å². The molecule has 0 amide bonds. The van der Waals surface area contributed by atoms with Crippen molar-refractivity contribution >= 4 is 11.1 Å². The molecule has 2 unspecified atom stereocenters. The van der Waals surface area contributed by atoms with E-state index < -0.39 is 11.1 Å². The molecule has 5 heteroatoms. The molecule has 0 aliphatic rings. The second kappa shape index (κ2) is 9.08. The topological polar surface area (TPSA) is 58.6 Å². The Balaban J connectivity index is 2.76. The molecular weight excluding hydrogens is 298 g/mol. The molecule has 0 heterocycles. The van der Waals surface area contributed by atoms with E-state index in [0.29, 0.717) is 18.7 Å². The third kappa shape index (κ3) is 7.73. The molecule has 0 radical (unpaired) electrons. The van der Waals surface area contributed by atoms with E-state index in [0.717, 1.165) is 11.3 Å². The maximum atomic E-state index is 10.7. The van der Waals surface area contributed by atoms with Gasteiger partial charge >= 0.3 is 0 Å². The van der Waals surface area contributed by atoms with Crippen molar-refractivity contribution in [2.75, 3.05) is 19.4 Å². The fraction of sp³-hybridized carbons (Fsp3) is 0.529. The van der Waals surface area contributed by atoms with E-state index in [1.165, 1.54) is 0 Å². The highest BCUT2D eigenvalue weighted by Gasteiger charge is 2.11. The second-order valence-electron chi connectivity index (χ2n) is 6.31. The standard InChI is InChI=1S/C17H27NO3S/c1-17(2,3)11-10-16(18-12-5-13-22(19)20)14-6-8-15(21-4)9-7-14/h6-11,16,18H,5,12-13H2,1-4H3,(H,19,20)/b11-10+. The summed E-state index contributed by atoms with van der Waals surface area (Å²) in [5.41, 5.74) is 1.25. The molecule has 1 rings (SSSR count). The first-order chi connectivity index (χ1) is 10.3. The van der Waals surface area contributed by atoms with Crippen LogP contribution in [0.25, 0.3) is 0 Å². The molecular formula is C17H27NO3S. The molecule has 2 atom stereocenters. The predicted octanol–water partition coefficient (Wildman–Crippen LogP) is 3.54. The van der Waals surface area contributed by atoms with E-state index >= 15 is 0 Å². The van der Waals surface area contributed by atoms with Crippen LogP contribution in [0.3, 0.4) is 0 Å². The molecule has 0 aromatic heterocycles. The number of hydrogen-bond acceptors (Lipinski definition) is 3. The lowest BCUT2D eigenvalue weighted by Crippen LogP contribution is -2.22. The average Bonchev–Trinajstić information content (AvgIpc) is 2.45. The Bertz CT molecular complexity index is 492. The van der Waals surface area contributed by atoms with Crippen LogP contribution in [0.4, 0.5) is 0 Å². The fourth-order valence-corrected chi connectivity index (χ4v) is 2.34. The van der Waals surface area contributed by atoms with Crippen molar-refractivity contribution in [3.63, 3.8) is 0 Å². The van der Waals surface area contributed by atoms with Crippen LogP contribution in [0, 0.1) is 5.41 Å². The Labute approximate surface area is 136 Å². The summed E-state index contributed by atoms with van der Waals surface area (Å²) >= 11 is -1.72. The summed E-state index contributed by atoms with van der Waals surface area (Å²) in [7, 11) is 1.65. The molecule has 0 spiro atoms. The highest BCUT2D eigenvalue weighted by Crippen LogP contribution is 2.22. The zero-order chi connectivity index (χ0) is 16.6. The van der Waals surface area contributed by atoms with Crippen molar-refractivity contribution in [3.8, 4) is 5.75 Å². The van der Waals surface area contributed by atoms with Gasteiger partial charge in [0.25, 0.3) is 0 Å². The molecule has 0 saturated carbocycles. The van der Waals surface area contributed by atoms with Crippen LogP contribution in [0.5, 0.6) is 5.75 Å². The third-order valence-corrected chi connectivity index (χ3v) is 3.76. The highest BCUT2D eigenvalue weighted by molar-refractivity contribution is 7.79. The van der Waals surface area contributed by atoms with Crippen LogP contribution in [-0.4, -0.2) is 28.2 Å². The molecule has 22 heavy (non-hydrogen) atoms. The van der Waals surface area contributed by atoms with E-state index in [1.54, 1.807) is 7.11 Å². The van der Waals surface area contributed by atoms with Gasteiger partial charge in [0.05, 0.1) is 18.9 Å². The van der Waals surface area contributed by atoms with Gasteiger partial charge in [-0.15, -0.1) is 0 Å². The number of ether oxygens (including phenoxy) is 1. The Morgan fingerprint density at radius 1 is 1.32 bits per heavy atom. The maximum absolute atomic E-state index is 10.7. The van der Waals surface area contributed by atoms with Crippen molar-refractivity contribution in [1.29, 1.82) is 0 Å². The number of methoxy groups -OCH3 is 1. The van der Waals surface area contributed by atoms with Crippen LogP contribution in [0.2, 0.25) is 0 Å². The molecule has 0 bridgehead atoms. The lowest BCUT2D eigenvalue weighted by Gasteiger charge is -2.19. The van der Waals surface area contributed by atoms with Crippen LogP contribution < -0.4 is 10.1 Å². The van der Waals surface area contributed by atoms with Gasteiger partial charge in [-0.2, -0.15) is 0 Å². The fourth-order valence-electron chi connectivity index (χ4n) is 1.95. The smallest absolute Gasteiger partial charge is 0.152 e. The molecule has 1 aromatic carbocycles. The first kappa shape index (κ1) is 18.9. The predicted molar refractivity (Wildman–Crippen MR) is 92.6 cm³/mol. The van der Waals surface area contributed by atoms with Gasteiger partial charge in [0.2, 0.25) is 0 Å². The Morgan fingerprint density at radius 3 is 2.45 bits per heavy atom. The molecule has 0 saturated heterocycles. The number of nitrogens with one attached hydrogen (secondary N) is 1. The van der Waals surface area contributed by atoms with Crippen molar-refractivity contribution in [3.05, 3.63) is 42.0 Å². The summed E-state index contributed by atoms with van der Waals surface area (Å²) < 4.78 is 24.7. The van der Waals surface area contributed by atoms with E-state index in [4.69, 9.17) is 9.29 Å². The lowest BCUT2D eigenvalue weighted by molar-refractivity contribution is 0.414. The normalized spacial score (nSPS) is 15.0. The van der Waals surface area contributed by atoms with E-state index in [9.17, 15) is 4.21 Å². The lowest BCUT2D eigenvalue weighted by atomic mass is 9.94. The number of benzene rings is 1. The first-order valence-corrected chi connectivity index (χ1v) is 8.73. The average molecular weight is 325 g/mol. The first-order valence-electron chi connectivity index (χ1n) is 7.46. The van der Waals surface area contributed by atoms with Gasteiger partial charge in [0.15, 0.2) is 11.1 Å². The Kier molecular flexibility index (Phi) is 7.79. The van der Waals surface area contributed by atoms with Crippen LogP contribution in [-0.2, 0) is 11.1 Å². The minimum atomic E-state index is -1.72. The maximum Gasteiger partial charge on any atom is 0.152 e. The van der Waals surface area contributed by atoms with Gasteiger partial charge in [-0.1, -0.05) is 45.1 Å². The van der Waals surface area contributed by atoms with Gasteiger partial charge in [0, 0.05) is 0 Å². The Morgan fingerprint density at radius 2 is 1.95 bits per heavy atom. The molecule has 1 aromatic rings. The van der Waals surface area contributed by atoms with E-state index in [2.05, 4.69) is 38.2 Å². The van der Waals surface area contributed by atoms with Gasteiger partial charge < -0.3 is 14.6 Å². The summed E-state index contributed by atoms with van der Waals surface area (Å²) in [6.45, 7) is 7.16. The zero-order valence-corrected chi connectivity index (χ0v) is 14.7. The SMILES string of the molecule is COc1ccc(C(/C=C/C(C)(C)C)NCCCS(=O)O)cc1. The van der Waals surface area contributed by atoms with Crippen molar-refractivity contribution < 1.29 is 13.5 Å². The summed E-state index contributed by atoms with van der Waals surface area (Å²) in [5.74, 6) is 1.13. The van der Waals surface area contributed by atoms with Gasteiger partial charge in [-0.3, -0.25) is 0 Å². The Hall–Kier alpha value is -1.17. The molecule has 0 fully saturated rings. The summed E-state index contributed by atoms with van der Waals surface area (Å²) in [4.78, 5) is 0. The minimum absolute atomic E-state index is 0.0808. The molecule has 0 aliphatic heterocycles. The minimum Gasteiger partial charge on any atom is -0.497 e. The molecule has 2 N–H and O–H groups in total. The summed E-state index contributed by atoms with van der Waals surface area (Å²) in [6.07, 6.45) is 5.00. The molecule has 124 valence electrons. The number of rotatable bonds is 8. The van der Waals surface area contributed by atoms with Crippen molar-refractivity contribution in [1.82, 2.24) is 5.32 Å². The summed E-state index contributed by atoms with van der Waals surface area (Å²) in [6, 6.07) is 8.04. The van der Waals surface area contributed by atoms with E-state index in [-0.39, 0.29) is 11.5 Å². The summed E-state index contributed by atoms with van der Waals surface area (Å²) in [5, 5.41) is 3.43. The molecule has 0 aliphatic carbocycles. The molecule has 4 nitrogen and oxygen atoms in total. The van der Waals surface area contributed by atoms with Gasteiger partial charge in [0.1, 0.15) is 5.75 Å².